The van der Waals surface area contributed by atoms with Gasteiger partial charge in [-0.2, -0.15) is 0 Å². The summed E-state index contributed by atoms with van der Waals surface area (Å²) in [6.07, 6.45) is 7.92. The molecule has 120 valence electrons. The lowest BCUT2D eigenvalue weighted by atomic mass is 10.0. The summed E-state index contributed by atoms with van der Waals surface area (Å²) in [5, 5.41) is 0. The molecule has 0 saturated heterocycles. The van der Waals surface area contributed by atoms with Crippen LogP contribution in [0.25, 0.3) is 11.5 Å². The van der Waals surface area contributed by atoms with Crippen LogP contribution in [-0.4, -0.2) is 19.3 Å². The van der Waals surface area contributed by atoms with E-state index in [4.69, 9.17) is 4.74 Å². The van der Waals surface area contributed by atoms with E-state index in [9.17, 15) is 0 Å². The highest BCUT2D eigenvalue weighted by molar-refractivity contribution is 5.82. The fourth-order valence-corrected chi connectivity index (χ4v) is 2.41. The standard InChI is InChI=1S/C21H20N2O/c22-12-14-23-13-11-17-15-20(18-7-3-1-4-8-18)24-21(16-17)19-9-5-2-6-10-19/h1-11,13,15-16H,12,14,22H2/p+1. The molecule has 0 atom stereocenters. The normalized spacial score (nSPS) is 14.1. The number of hydrogen-bond donors (Lipinski definition) is 1. The predicted molar refractivity (Wildman–Crippen MR) is 99.1 cm³/mol. The van der Waals surface area contributed by atoms with Gasteiger partial charge in [-0.15, -0.1) is 0 Å². The van der Waals surface area contributed by atoms with Gasteiger partial charge in [-0.25, -0.2) is 0 Å². The summed E-state index contributed by atoms with van der Waals surface area (Å²) in [7, 11) is 0. The number of aliphatic imine (C=N–C) groups is 1. The van der Waals surface area contributed by atoms with Crippen LogP contribution >= 0.6 is 0 Å². The molecule has 3 rings (SSSR count). The summed E-state index contributed by atoms with van der Waals surface area (Å²) >= 11 is 0. The first kappa shape index (κ1) is 16.0. The van der Waals surface area contributed by atoms with Gasteiger partial charge in [-0.3, -0.25) is 4.99 Å². The molecule has 1 aliphatic rings. The van der Waals surface area contributed by atoms with E-state index >= 15 is 0 Å². The molecule has 0 bridgehead atoms. The van der Waals surface area contributed by atoms with Crippen molar-refractivity contribution in [2.45, 2.75) is 0 Å². The van der Waals surface area contributed by atoms with Crippen molar-refractivity contribution in [3.63, 3.8) is 0 Å². The largest absolute Gasteiger partial charge is 0.456 e. The molecular weight excluding hydrogens is 296 g/mol. The van der Waals surface area contributed by atoms with Crippen molar-refractivity contribution in [2.75, 3.05) is 13.1 Å². The van der Waals surface area contributed by atoms with Crippen LogP contribution in [0.5, 0.6) is 0 Å². The van der Waals surface area contributed by atoms with Gasteiger partial charge in [-0.05, 0) is 23.8 Å². The lowest BCUT2D eigenvalue weighted by molar-refractivity contribution is -0.363. The molecule has 2 aromatic rings. The molecule has 0 saturated carbocycles. The van der Waals surface area contributed by atoms with Gasteiger partial charge in [-0.1, -0.05) is 60.7 Å². The van der Waals surface area contributed by atoms with Crippen molar-refractivity contribution in [1.82, 2.24) is 0 Å². The molecule has 3 heteroatoms. The summed E-state index contributed by atoms with van der Waals surface area (Å²) in [4.78, 5) is 4.32. The third-order valence-corrected chi connectivity index (χ3v) is 3.59. The van der Waals surface area contributed by atoms with Gasteiger partial charge in [0.05, 0.1) is 13.1 Å². The molecule has 1 aliphatic heterocycles. The fraction of sp³-hybridized carbons (Fsp3) is 0.0952. The monoisotopic (exact) mass is 317 g/mol. The van der Waals surface area contributed by atoms with E-state index in [2.05, 4.69) is 10.7 Å². The van der Waals surface area contributed by atoms with Crippen LogP contribution < -0.4 is 5.73 Å². The van der Waals surface area contributed by atoms with Gasteiger partial charge in [0.2, 0.25) is 0 Å². The summed E-state index contributed by atoms with van der Waals surface area (Å²) in [6.45, 7) is 1.55. The lowest BCUT2D eigenvalue weighted by Gasteiger charge is -2.18. The molecule has 1 heterocycles. The van der Waals surface area contributed by atoms with Crippen molar-refractivity contribution < 1.29 is 10.5 Å². The van der Waals surface area contributed by atoms with Crippen molar-refractivity contribution in [1.29, 1.82) is 0 Å². The highest BCUT2D eigenvalue weighted by atomic mass is 16.5. The molecule has 24 heavy (non-hydrogen) atoms. The summed E-state index contributed by atoms with van der Waals surface area (Å²) < 4.78 is 6.14. The van der Waals surface area contributed by atoms with Gasteiger partial charge < -0.3 is 10.5 Å². The van der Waals surface area contributed by atoms with E-state index in [0.717, 1.165) is 41.3 Å². The molecule has 2 aromatic carbocycles. The summed E-state index contributed by atoms with van der Waals surface area (Å²) in [6, 6.07) is 20.3. The minimum Gasteiger partial charge on any atom is -0.456 e. The Morgan fingerprint density at radius 1 is 0.833 bits per heavy atom. The molecule has 0 radical (unpaired) electrons. The Kier molecular flexibility index (Phi) is 5.38. The Morgan fingerprint density at radius 2 is 1.38 bits per heavy atom. The van der Waals surface area contributed by atoms with E-state index < -0.39 is 0 Å². The zero-order valence-electron chi connectivity index (χ0n) is 13.6. The van der Waals surface area contributed by atoms with E-state index in [1.54, 1.807) is 0 Å². The first-order chi connectivity index (χ1) is 11.9. The van der Waals surface area contributed by atoms with Crippen molar-refractivity contribution in [2.24, 2.45) is 4.99 Å². The second-order valence-electron chi connectivity index (χ2n) is 5.43. The SMILES string of the molecule is [NH3+]CCN=CC=C1C=C(c2ccccc2)OC(c2ccccc2)=C1. The number of allylic oxidation sites excluding steroid dienone is 4. The van der Waals surface area contributed by atoms with Crippen LogP contribution in [-0.2, 0) is 4.74 Å². The molecule has 3 N–H and O–H groups in total. The summed E-state index contributed by atoms with van der Waals surface area (Å²) in [5.74, 6) is 1.68. The number of quaternary nitrogens is 1. The second-order valence-corrected chi connectivity index (χ2v) is 5.43. The third kappa shape index (κ3) is 4.09. The molecule has 0 fully saturated rings. The van der Waals surface area contributed by atoms with Gasteiger partial charge in [0.25, 0.3) is 0 Å². The Bertz CT molecular complexity index is 730. The van der Waals surface area contributed by atoms with E-state index in [0.29, 0.717) is 0 Å². The smallest absolute Gasteiger partial charge is 0.135 e. The highest BCUT2D eigenvalue weighted by Crippen LogP contribution is 2.31. The molecule has 0 unspecified atom stereocenters. The third-order valence-electron chi connectivity index (χ3n) is 3.59. The molecule has 3 nitrogen and oxygen atoms in total. The quantitative estimate of drug-likeness (QED) is 0.845. The maximum absolute atomic E-state index is 6.14. The maximum Gasteiger partial charge on any atom is 0.135 e. The molecular formula is C21H21N2O+. The topological polar surface area (TPSA) is 49.2 Å². The summed E-state index contributed by atoms with van der Waals surface area (Å²) in [5.41, 5.74) is 6.97. The van der Waals surface area contributed by atoms with Crippen LogP contribution in [0.1, 0.15) is 11.1 Å². The maximum atomic E-state index is 6.14. The average molecular weight is 317 g/mol. The highest BCUT2D eigenvalue weighted by Gasteiger charge is 2.14. The molecule has 0 aliphatic carbocycles. The molecule has 0 amide bonds. The van der Waals surface area contributed by atoms with Crippen LogP contribution in [0.2, 0.25) is 0 Å². The zero-order valence-corrected chi connectivity index (χ0v) is 13.6. The van der Waals surface area contributed by atoms with Gasteiger partial charge in [0.15, 0.2) is 0 Å². The van der Waals surface area contributed by atoms with Crippen LogP contribution in [0.15, 0.2) is 89.5 Å². The fourth-order valence-electron chi connectivity index (χ4n) is 2.41. The predicted octanol–water partition coefficient (Wildman–Crippen LogP) is 3.34. The number of benzene rings is 2. The van der Waals surface area contributed by atoms with Crippen LogP contribution in [0.4, 0.5) is 0 Å². The lowest BCUT2D eigenvalue weighted by Crippen LogP contribution is -2.51. The Hall–Kier alpha value is -2.91. The molecule has 0 aromatic heterocycles. The van der Waals surface area contributed by atoms with Crippen molar-refractivity contribution in [3.8, 4) is 0 Å². The number of hydrogen-bond acceptors (Lipinski definition) is 2. The molecule has 0 spiro atoms. The average Bonchev–Trinajstić information content (AvgIpc) is 2.66. The van der Waals surface area contributed by atoms with E-state index in [1.165, 1.54) is 0 Å². The minimum absolute atomic E-state index is 0.741. The Morgan fingerprint density at radius 3 is 1.88 bits per heavy atom. The van der Waals surface area contributed by atoms with Crippen molar-refractivity contribution >= 4 is 17.7 Å². The van der Waals surface area contributed by atoms with Gasteiger partial charge in [0.1, 0.15) is 11.5 Å². The number of rotatable bonds is 5. The minimum atomic E-state index is 0.741. The number of nitrogens with zero attached hydrogens (tertiary/aromatic N) is 1. The Balaban J connectivity index is 1.95. The first-order valence-electron chi connectivity index (χ1n) is 8.08. The number of ether oxygens (including phenoxy) is 1. The van der Waals surface area contributed by atoms with Crippen LogP contribution in [0.3, 0.4) is 0 Å². The Labute approximate surface area is 142 Å². The van der Waals surface area contributed by atoms with E-state index in [1.807, 2.05) is 85.1 Å². The van der Waals surface area contributed by atoms with Crippen molar-refractivity contribution in [3.05, 3.63) is 95.6 Å². The zero-order chi connectivity index (χ0) is 16.6. The van der Waals surface area contributed by atoms with E-state index in [-0.39, 0.29) is 0 Å². The van der Waals surface area contributed by atoms with Crippen LogP contribution in [0, 0.1) is 0 Å². The second kappa shape index (κ2) is 8.09. The van der Waals surface area contributed by atoms with Gasteiger partial charge in [0, 0.05) is 17.3 Å². The first-order valence-corrected chi connectivity index (χ1v) is 8.08. The van der Waals surface area contributed by atoms with Gasteiger partial charge >= 0.3 is 0 Å².